The summed E-state index contributed by atoms with van der Waals surface area (Å²) < 4.78 is 36.4. The molecule has 0 saturated carbocycles. The first-order valence-corrected chi connectivity index (χ1v) is 2.91. The van der Waals surface area contributed by atoms with Crippen molar-refractivity contribution in [2.45, 2.75) is 6.43 Å². The van der Waals surface area contributed by atoms with Crippen molar-refractivity contribution in [1.82, 2.24) is 5.73 Å². The van der Waals surface area contributed by atoms with E-state index in [0.29, 0.717) is 0 Å². The molecule has 0 atom stereocenters. The van der Waals surface area contributed by atoms with E-state index in [1.54, 1.807) is 0 Å². The second-order valence-electron chi connectivity index (χ2n) is 2.01. The van der Waals surface area contributed by atoms with Gasteiger partial charge in [-0.25, -0.2) is 13.2 Å². The van der Waals surface area contributed by atoms with Gasteiger partial charge >= 0.3 is 0 Å². The maximum atomic E-state index is 12.6. The third-order valence-electron chi connectivity index (χ3n) is 1.26. The molecule has 1 aromatic rings. The summed E-state index contributed by atoms with van der Waals surface area (Å²) in [5.41, 5.74) is 5.64. The molecule has 0 amide bonds. The Morgan fingerprint density at radius 3 is 2.36 bits per heavy atom. The lowest BCUT2D eigenvalue weighted by atomic mass is 10.2. The van der Waals surface area contributed by atoms with Crippen LogP contribution in [0.4, 0.5) is 18.9 Å². The molecule has 0 saturated heterocycles. The number of rotatable bonds is 1. The average molecular weight is 160 g/mol. The molecule has 0 aliphatic heterocycles. The SMILES string of the molecule is [NH]c1cccc(C(F)F)c1F. The van der Waals surface area contributed by atoms with E-state index >= 15 is 0 Å². The van der Waals surface area contributed by atoms with Crippen molar-refractivity contribution < 1.29 is 13.2 Å². The van der Waals surface area contributed by atoms with Crippen LogP contribution in [0.2, 0.25) is 0 Å². The molecule has 0 bridgehead atoms. The van der Waals surface area contributed by atoms with Gasteiger partial charge in [-0.2, -0.15) is 0 Å². The maximum Gasteiger partial charge on any atom is 0.266 e. The molecule has 0 heterocycles. The molecular weight excluding hydrogens is 155 g/mol. The highest BCUT2D eigenvalue weighted by Crippen LogP contribution is 2.25. The zero-order valence-corrected chi connectivity index (χ0v) is 5.44. The Kier molecular flexibility index (Phi) is 2.03. The Morgan fingerprint density at radius 2 is 1.91 bits per heavy atom. The van der Waals surface area contributed by atoms with Crippen molar-refractivity contribution >= 4 is 5.69 Å². The predicted molar refractivity (Wildman–Crippen MR) is 34.1 cm³/mol. The molecule has 0 fully saturated rings. The van der Waals surface area contributed by atoms with E-state index in [1.807, 2.05) is 0 Å². The smallest absolute Gasteiger partial charge is 0.266 e. The second-order valence-corrected chi connectivity index (χ2v) is 2.01. The van der Waals surface area contributed by atoms with Gasteiger partial charge in [0, 0.05) is 0 Å². The Labute approximate surface area is 61.6 Å². The number of alkyl halides is 2. The third kappa shape index (κ3) is 1.45. The lowest BCUT2D eigenvalue weighted by Crippen LogP contribution is -1.91. The molecule has 59 valence electrons. The third-order valence-corrected chi connectivity index (χ3v) is 1.26. The van der Waals surface area contributed by atoms with Gasteiger partial charge in [0.2, 0.25) is 0 Å². The molecule has 1 nitrogen and oxygen atoms in total. The van der Waals surface area contributed by atoms with Crippen LogP contribution in [-0.4, -0.2) is 0 Å². The van der Waals surface area contributed by atoms with Gasteiger partial charge in [-0.1, -0.05) is 12.1 Å². The van der Waals surface area contributed by atoms with Gasteiger partial charge in [0.1, 0.15) is 0 Å². The Bertz CT molecular complexity index is 260. The van der Waals surface area contributed by atoms with E-state index in [9.17, 15) is 13.2 Å². The quantitative estimate of drug-likeness (QED) is 0.603. The van der Waals surface area contributed by atoms with Crippen molar-refractivity contribution in [3.05, 3.63) is 29.6 Å². The van der Waals surface area contributed by atoms with E-state index in [2.05, 4.69) is 0 Å². The van der Waals surface area contributed by atoms with Crippen LogP contribution in [0.3, 0.4) is 0 Å². The van der Waals surface area contributed by atoms with Crippen molar-refractivity contribution in [2.24, 2.45) is 0 Å². The number of halogens is 3. The molecule has 11 heavy (non-hydrogen) atoms. The molecule has 0 unspecified atom stereocenters. The monoisotopic (exact) mass is 160 g/mol. The first-order chi connectivity index (χ1) is 5.13. The molecule has 0 aromatic heterocycles. The molecule has 0 aliphatic rings. The fraction of sp³-hybridized carbons (Fsp3) is 0.143. The minimum Gasteiger partial charge on any atom is -0.298 e. The van der Waals surface area contributed by atoms with Gasteiger partial charge < -0.3 is 0 Å². The van der Waals surface area contributed by atoms with Crippen LogP contribution in [0, 0.1) is 5.82 Å². The zero-order chi connectivity index (χ0) is 8.43. The van der Waals surface area contributed by atoms with Crippen molar-refractivity contribution in [3.8, 4) is 0 Å². The lowest BCUT2D eigenvalue weighted by molar-refractivity contribution is 0.146. The van der Waals surface area contributed by atoms with Gasteiger partial charge in [0.05, 0.1) is 11.3 Å². The normalized spacial score (nSPS) is 10.5. The van der Waals surface area contributed by atoms with Gasteiger partial charge in [0.25, 0.3) is 6.43 Å². The van der Waals surface area contributed by atoms with Crippen LogP contribution in [0.25, 0.3) is 0 Å². The van der Waals surface area contributed by atoms with E-state index in [0.717, 1.165) is 12.1 Å². The summed E-state index contributed by atoms with van der Waals surface area (Å²) in [6.07, 6.45) is -2.85. The molecule has 1 aromatic carbocycles. The first-order valence-electron chi connectivity index (χ1n) is 2.91. The Hall–Kier alpha value is -1.19. The van der Waals surface area contributed by atoms with Gasteiger partial charge in [-0.15, -0.1) is 0 Å². The van der Waals surface area contributed by atoms with Crippen LogP contribution in [-0.2, 0) is 0 Å². The number of hydrogen-bond donors (Lipinski definition) is 0. The second kappa shape index (κ2) is 2.82. The predicted octanol–water partition coefficient (Wildman–Crippen LogP) is 2.68. The van der Waals surface area contributed by atoms with Crippen molar-refractivity contribution in [3.63, 3.8) is 0 Å². The highest BCUT2D eigenvalue weighted by Gasteiger charge is 2.14. The first kappa shape index (κ1) is 7.91. The van der Waals surface area contributed by atoms with Gasteiger partial charge in [-0.3, -0.25) is 5.73 Å². The Morgan fingerprint density at radius 1 is 1.27 bits per heavy atom. The van der Waals surface area contributed by atoms with Gasteiger partial charge in [-0.05, 0) is 6.07 Å². The highest BCUT2D eigenvalue weighted by atomic mass is 19.3. The molecule has 1 rings (SSSR count). The van der Waals surface area contributed by atoms with Crippen molar-refractivity contribution in [1.29, 1.82) is 0 Å². The number of nitrogens with one attached hydrogen (secondary N) is 1. The fourth-order valence-corrected chi connectivity index (χ4v) is 0.718. The van der Waals surface area contributed by atoms with Crippen LogP contribution in [0.15, 0.2) is 18.2 Å². The summed E-state index contributed by atoms with van der Waals surface area (Å²) in [6.45, 7) is 0. The summed E-state index contributed by atoms with van der Waals surface area (Å²) in [7, 11) is 0. The highest BCUT2D eigenvalue weighted by molar-refractivity contribution is 5.39. The minimum absolute atomic E-state index is 0.497. The molecule has 1 radical (unpaired) electrons. The number of hydrogen-bond acceptors (Lipinski definition) is 0. The molecule has 0 spiro atoms. The standard InChI is InChI=1S/C7H5F3N/c8-6-4(7(9)10)2-1-3-5(6)11/h1-3,7,11H. The summed E-state index contributed by atoms with van der Waals surface area (Å²) in [4.78, 5) is 0. The Balaban J connectivity index is 3.17. The van der Waals surface area contributed by atoms with E-state index in [-0.39, 0.29) is 0 Å². The fourth-order valence-electron chi connectivity index (χ4n) is 0.718. The van der Waals surface area contributed by atoms with E-state index < -0.39 is 23.5 Å². The van der Waals surface area contributed by atoms with Gasteiger partial charge in [0.15, 0.2) is 5.82 Å². The van der Waals surface area contributed by atoms with E-state index in [1.165, 1.54) is 6.07 Å². The number of benzene rings is 1. The van der Waals surface area contributed by atoms with E-state index in [4.69, 9.17) is 5.73 Å². The largest absolute Gasteiger partial charge is 0.298 e. The topological polar surface area (TPSA) is 23.8 Å². The summed E-state index contributed by atoms with van der Waals surface area (Å²) >= 11 is 0. The average Bonchev–Trinajstić information content (AvgIpc) is 1.94. The van der Waals surface area contributed by atoms with Crippen LogP contribution >= 0.6 is 0 Å². The summed E-state index contributed by atoms with van der Waals surface area (Å²) in [6, 6.07) is 3.33. The molecule has 0 aliphatic carbocycles. The minimum atomic E-state index is -2.85. The summed E-state index contributed by atoms with van der Waals surface area (Å²) in [5, 5.41) is 0. The van der Waals surface area contributed by atoms with Crippen LogP contribution in [0.5, 0.6) is 0 Å². The van der Waals surface area contributed by atoms with Crippen LogP contribution in [0.1, 0.15) is 12.0 Å². The van der Waals surface area contributed by atoms with Crippen molar-refractivity contribution in [2.75, 3.05) is 0 Å². The van der Waals surface area contributed by atoms with Crippen LogP contribution < -0.4 is 5.73 Å². The zero-order valence-electron chi connectivity index (χ0n) is 5.44. The molecule has 4 heteroatoms. The lowest BCUT2D eigenvalue weighted by Gasteiger charge is -2.01. The maximum absolute atomic E-state index is 12.6. The molecule has 1 N–H and O–H groups in total. The molecular formula is C7H5F3N. The summed E-state index contributed by atoms with van der Waals surface area (Å²) in [5.74, 6) is -1.14.